The summed E-state index contributed by atoms with van der Waals surface area (Å²) in [7, 11) is 0. The van der Waals surface area contributed by atoms with Gasteiger partial charge in [0.2, 0.25) is 11.9 Å². The van der Waals surface area contributed by atoms with Gasteiger partial charge in [-0.15, -0.1) is 0 Å². The smallest absolute Gasteiger partial charge is 0.209 e. The molecular formula is C30H7F17N4. The molecule has 1 fully saturated rings. The lowest BCUT2D eigenvalue weighted by Crippen LogP contribution is -2.27. The first-order valence-electron chi connectivity index (χ1n) is 13.2. The van der Waals surface area contributed by atoms with Crippen molar-refractivity contribution in [3.8, 4) is 12.1 Å². The van der Waals surface area contributed by atoms with Gasteiger partial charge in [-0.2, -0.15) is 58.8 Å². The van der Waals surface area contributed by atoms with E-state index in [0.29, 0.717) is 0 Å². The maximum absolute atomic E-state index is 16.2. The highest BCUT2D eigenvalue weighted by atomic mass is 19.4. The fraction of sp³-hybridized carbons (Fsp3) is 0.200. The molecule has 2 bridgehead atoms. The van der Waals surface area contributed by atoms with Crippen LogP contribution in [0.2, 0.25) is 0 Å². The lowest BCUT2D eigenvalue weighted by Gasteiger charge is -2.28. The van der Waals surface area contributed by atoms with Crippen molar-refractivity contribution in [3.63, 3.8) is 0 Å². The van der Waals surface area contributed by atoms with E-state index in [1.165, 1.54) is 6.07 Å². The highest BCUT2D eigenvalue weighted by Gasteiger charge is 2.53. The molecule has 2 aliphatic rings. The molecule has 1 aromatic carbocycles. The van der Waals surface area contributed by atoms with Crippen LogP contribution < -0.4 is 0 Å². The van der Waals surface area contributed by atoms with E-state index in [1.807, 2.05) is 0 Å². The van der Waals surface area contributed by atoms with Crippen molar-refractivity contribution in [3.05, 3.63) is 109 Å². The van der Waals surface area contributed by atoms with E-state index in [-0.39, 0.29) is 25.1 Å². The quantitative estimate of drug-likeness (QED) is 0.149. The van der Waals surface area contributed by atoms with Gasteiger partial charge in [0.1, 0.15) is 12.1 Å². The van der Waals surface area contributed by atoms with Gasteiger partial charge in [0, 0.05) is 16.7 Å². The SMILES string of the molecule is CC1/C(c2c(F)c(F)nc(C(F)(F)F)c2F)=C2\C(=C(C#N)c3cc(C(F)(F)F)cc(c3)C1(F)F)\C2=C(\C#N)c1c(F)c(F)nc(C(F)(F)F)c1F. The molecule has 0 aliphatic heterocycles. The highest BCUT2D eigenvalue weighted by molar-refractivity contribution is 6.11. The van der Waals surface area contributed by atoms with Crippen molar-refractivity contribution in [2.45, 2.75) is 31.4 Å². The number of allylic oxidation sites excluding steroid dienone is 6. The molecule has 2 heterocycles. The zero-order valence-corrected chi connectivity index (χ0v) is 24.0. The van der Waals surface area contributed by atoms with Gasteiger partial charge in [0.25, 0.3) is 5.92 Å². The largest absolute Gasteiger partial charge is 0.436 e. The Morgan fingerprint density at radius 2 is 1.24 bits per heavy atom. The zero-order valence-electron chi connectivity index (χ0n) is 24.0. The minimum absolute atomic E-state index is 0.0322. The Kier molecular flexibility index (Phi) is 8.32. The third-order valence-electron chi connectivity index (χ3n) is 7.72. The summed E-state index contributed by atoms with van der Waals surface area (Å²) in [5.74, 6) is -24.8. The maximum atomic E-state index is 16.2. The number of hydrogen-bond donors (Lipinski definition) is 0. The van der Waals surface area contributed by atoms with Gasteiger partial charge < -0.3 is 0 Å². The van der Waals surface area contributed by atoms with Crippen LogP contribution in [0.3, 0.4) is 0 Å². The van der Waals surface area contributed by atoms with Gasteiger partial charge in [-0.1, -0.05) is 6.92 Å². The molecule has 5 rings (SSSR count). The molecule has 1 saturated carbocycles. The van der Waals surface area contributed by atoms with Crippen LogP contribution in [0.5, 0.6) is 0 Å². The Morgan fingerprint density at radius 1 is 0.706 bits per heavy atom. The van der Waals surface area contributed by atoms with Gasteiger partial charge in [-0.3, -0.25) is 0 Å². The van der Waals surface area contributed by atoms with Gasteiger partial charge in [-0.05, 0) is 34.9 Å². The van der Waals surface area contributed by atoms with Gasteiger partial charge in [0.05, 0.1) is 33.8 Å². The summed E-state index contributed by atoms with van der Waals surface area (Å²) in [6, 6.07) is 2.09. The summed E-state index contributed by atoms with van der Waals surface area (Å²) in [4.78, 5) is 4.14. The van der Waals surface area contributed by atoms with Crippen LogP contribution in [-0.2, 0) is 24.5 Å². The van der Waals surface area contributed by atoms with Crippen molar-refractivity contribution in [1.29, 1.82) is 10.5 Å². The average molecular weight is 746 g/mol. The first-order chi connectivity index (χ1) is 23.3. The third-order valence-corrected chi connectivity index (χ3v) is 7.72. The Morgan fingerprint density at radius 3 is 1.73 bits per heavy atom. The summed E-state index contributed by atoms with van der Waals surface area (Å²) in [5.41, 5.74) is -24.4. The number of rotatable bonds is 2. The monoisotopic (exact) mass is 746 g/mol. The van der Waals surface area contributed by atoms with Crippen LogP contribution in [0.4, 0.5) is 74.6 Å². The molecule has 2 aromatic heterocycles. The van der Waals surface area contributed by atoms with Gasteiger partial charge in [0.15, 0.2) is 34.7 Å². The molecule has 266 valence electrons. The molecule has 0 spiro atoms. The Balaban J connectivity index is 2.11. The van der Waals surface area contributed by atoms with Crippen molar-refractivity contribution in [2.24, 2.45) is 5.92 Å². The van der Waals surface area contributed by atoms with E-state index in [4.69, 9.17) is 0 Å². The number of benzene rings is 1. The molecule has 4 nitrogen and oxygen atoms in total. The van der Waals surface area contributed by atoms with E-state index in [1.54, 1.807) is 0 Å². The van der Waals surface area contributed by atoms with E-state index in [2.05, 4.69) is 9.97 Å². The minimum Gasteiger partial charge on any atom is -0.209 e. The van der Waals surface area contributed by atoms with Crippen molar-refractivity contribution in [1.82, 2.24) is 9.97 Å². The van der Waals surface area contributed by atoms with E-state index >= 15 is 26.3 Å². The zero-order chi connectivity index (χ0) is 38.5. The number of alkyl halides is 11. The van der Waals surface area contributed by atoms with E-state index in [9.17, 15) is 58.8 Å². The molecule has 0 radical (unpaired) electrons. The van der Waals surface area contributed by atoms with Gasteiger partial charge >= 0.3 is 18.5 Å². The summed E-state index contributed by atoms with van der Waals surface area (Å²) in [5, 5.41) is 19.9. The molecule has 0 amide bonds. The Bertz CT molecular complexity index is 2240. The fourth-order valence-electron chi connectivity index (χ4n) is 5.44. The molecule has 2 aliphatic carbocycles. The molecule has 0 saturated heterocycles. The molecule has 1 atom stereocenters. The first kappa shape index (κ1) is 36.8. The van der Waals surface area contributed by atoms with Gasteiger partial charge in [-0.25, -0.2) is 36.3 Å². The molecule has 1 unspecified atom stereocenters. The first-order valence-corrected chi connectivity index (χ1v) is 13.2. The van der Waals surface area contributed by atoms with Crippen LogP contribution in [0.25, 0.3) is 16.7 Å². The average Bonchev–Trinajstić information content (AvgIpc) is 3.72. The van der Waals surface area contributed by atoms with Crippen LogP contribution in [0, 0.1) is 63.7 Å². The second-order valence-corrected chi connectivity index (χ2v) is 10.7. The van der Waals surface area contributed by atoms with Crippen molar-refractivity contribution in [2.75, 3.05) is 0 Å². The highest BCUT2D eigenvalue weighted by Crippen LogP contribution is 2.61. The third kappa shape index (κ3) is 5.73. The standard InChI is InChI=1S/C30H7F17N4/c1-7-13(18-20(32)24(30(45,46)47)51-26(36)22(18)34)17-14(11(5-48)8-2-9(27(7,37)38)4-10(3-8)28(39,40)41)15(17)12(6-49)16-19(31)23(29(42,43)44)50-25(35)21(16)33/h2-4,7H,1H3/b14-11?,15-12+,17-13-. The number of pyridine rings is 2. The molecule has 21 heteroatoms. The number of nitriles is 2. The Hall–Kier alpha value is -5.47. The number of hydrogen-bond acceptors (Lipinski definition) is 4. The number of halogens is 17. The summed E-state index contributed by atoms with van der Waals surface area (Å²) in [6.45, 7) is 0.221. The van der Waals surface area contributed by atoms with Crippen LogP contribution in [-0.4, -0.2) is 9.97 Å². The lowest BCUT2D eigenvalue weighted by molar-refractivity contribution is -0.145. The fourth-order valence-corrected chi connectivity index (χ4v) is 5.44. The second kappa shape index (κ2) is 11.5. The van der Waals surface area contributed by atoms with Crippen molar-refractivity contribution < 1.29 is 74.6 Å². The topological polar surface area (TPSA) is 73.4 Å². The number of fused-ring (bicyclic) bond motifs is 3. The van der Waals surface area contributed by atoms with Crippen LogP contribution >= 0.6 is 0 Å². The molecule has 3 aromatic rings. The normalized spacial score (nSPS) is 19.8. The number of aromatic nitrogens is 2. The Labute approximate surface area is 271 Å². The number of nitrogens with zero attached hydrogens (tertiary/aromatic N) is 4. The van der Waals surface area contributed by atoms with E-state index < -0.39 is 138 Å². The predicted octanol–water partition coefficient (Wildman–Crippen LogP) is 9.83. The lowest BCUT2D eigenvalue weighted by atomic mass is 9.83. The second-order valence-electron chi connectivity index (χ2n) is 10.7. The predicted molar refractivity (Wildman–Crippen MR) is 135 cm³/mol. The summed E-state index contributed by atoms with van der Waals surface area (Å²) >= 11 is 0. The maximum Gasteiger partial charge on any atom is 0.436 e. The molecule has 51 heavy (non-hydrogen) atoms. The summed E-state index contributed by atoms with van der Waals surface area (Å²) in [6.07, 6.45) is -17.4. The van der Waals surface area contributed by atoms with Crippen molar-refractivity contribution >= 4 is 16.7 Å². The van der Waals surface area contributed by atoms with Crippen LogP contribution in [0.15, 0.2) is 34.9 Å². The summed E-state index contributed by atoms with van der Waals surface area (Å²) < 4.78 is 245. The molecular weight excluding hydrogens is 739 g/mol. The van der Waals surface area contributed by atoms with Crippen LogP contribution in [0.1, 0.15) is 46.1 Å². The molecule has 0 N–H and O–H groups in total. The van der Waals surface area contributed by atoms with E-state index in [0.717, 1.165) is 6.07 Å². The minimum atomic E-state index is -6.01.